The molecule has 0 spiro atoms. The van der Waals surface area contributed by atoms with Gasteiger partial charge in [0, 0.05) is 44.9 Å². The van der Waals surface area contributed by atoms with Crippen molar-refractivity contribution >= 4 is 18.0 Å². The Hall–Kier alpha value is -4.21. The molecule has 1 fully saturated rings. The Labute approximate surface area is 245 Å². The number of aliphatic hydroxyl groups is 1. The first kappa shape index (κ1) is 29.3. The summed E-state index contributed by atoms with van der Waals surface area (Å²) in [6, 6.07) is 26.5. The smallest absolute Gasteiger partial charge is 0.407 e. The maximum Gasteiger partial charge on any atom is 0.407 e. The van der Waals surface area contributed by atoms with Crippen molar-refractivity contribution in [2.45, 2.75) is 49.8 Å². The molecule has 0 radical (unpaired) electrons. The molecule has 1 unspecified atom stereocenters. The summed E-state index contributed by atoms with van der Waals surface area (Å²) in [6.45, 7) is 2.34. The van der Waals surface area contributed by atoms with Gasteiger partial charge in [-0.2, -0.15) is 0 Å². The van der Waals surface area contributed by atoms with Crippen LogP contribution in [0.25, 0.3) is 11.1 Å². The van der Waals surface area contributed by atoms with E-state index in [0.29, 0.717) is 25.9 Å². The van der Waals surface area contributed by atoms with Crippen molar-refractivity contribution in [2.75, 3.05) is 26.2 Å². The Kier molecular flexibility index (Phi) is 9.19. The van der Waals surface area contributed by atoms with E-state index in [4.69, 9.17) is 9.84 Å². The van der Waals surface area contributed by atoms with E-state index in [1.807, 2.05) is 42.5 Å². The molecule has 220 valence electrons. The lowest BCUT2D eigenvalue weighted by molar-refractivity contribution is -0.147. The molecule has 1 atom stereocenters. The molecule has 5 rings (SSSR count). The van der Waals surface area contributed by atoms with Gasteiger partial charge in [-0.05, 0) is 40.7 Å². The molecule has 9 heteroatoms. The quantitative estimate of drug-likeness (QED) is 0.275. The summed E-state index contributed by atoms with van der Waals surface area (Å²) < 4.78 is 5.82. The second-order valence-corrected chi connectivity index (χ2v) is 11.2. The lowest BCUT2D eigenvalue weighted by Crippen LogP contribution is -2.57. The van der Waals surface area contributed by atoms with Gasteiger partial charge in [0.1, 0.15) is 6.61 Å². The molecule has 3 aromatic rings. The van der Waals surface area contributed by atoms with Gasteiger partial charge in [0.2, 0.25) is 5.91 Å². The monoisotopic (exact) mass is 571 g/mol. The van der Waals surface area contributed by atoms with Crippen molar-refractivity contribution in [3.8, 4) is 11.1 Å². The van der Waals surface area contributed by atoms with Crippen LogP contribution in [-0.4, -0.2) is 71.0 Å². The molecule has 0 bridgehead atoms. The third-order valence-corrected chi connectivity index (χ3v) is 8.30. The number of carbonyl (C=O) groups excluding carboxylic acids is 2. The van der Waals surface area contributed by atoms with Gasteiger partial charge >= 0.3 is 12.1 Å². The van der Waals surface area contributed by atoms with Gasteiger partial charge in [-0.1, -0.05) is 78.9 Å². The fourth-order valence-electron chi connectivity index (χ4n) is 6.02. The summed E-state index contributed by atoms with van der Waals surface area (Å²) in [5, 5.41) is 24.2. The van der Waals surface area contributed by atoms with Crippen LogP contribution in [0.3, 0.4) is 0 Å². The number of carbonyl (C=O) groups is 3. The number of hydrogen-bond acceptors (Lipinski definition) is 6. The number of aliphatic hydroxyl groups excluding tert-OH is 1. The van der Waals surface area contributed by atoms with Crippen LogP contribution in [0.2, 0.25) is 0 Å². The number of piperidine rings is 1. The zero-order valence-electron chi connectivity index (χ0n) is 23.5. The van der Waals surface area contributed by atoms with E-state index in [9.17, 15) is 19.5 Å². The standard InChI is InChI=1S/C33H37N3O6/c37-29(31(39)40)14-17-34-30(38)20-33(15-18-36(19-16-33)21-23-8-2-1-3-9-23)35-32(41)42-22-28-26-12-6-4-10-24(26)25-11-5-7-13-27(25)28/h1-13,28-29,37H,14-22H2,(H,34,38)(H,35,41)(H,39,40). The zero-order chi connectivity index (χ0) is 29.5. The molecule has 3 aromatic carbocycles. The lowest BCUT2D eigenvalue weighted by atomic mass is 9.84. The summed E-state index contributed by atoms with van der Waals surface area (Å²) in [5.41, 5.74) is 4.93. The number of hydrogen-bond donors (Lipinski definition) is 4. The number of alkyl carbamates (subject to hydrolysis) is 1. The first-order valence-corrected chi connectivity index (χ1v) is 14.4. The van der Waals surface area contributed by atoms with Gasteiger partial charge in [0.05, 0.1) is 5.54 Å². The number of benzene rings is 3. The number of carboxylic acids is 1. The number of nitrogens with zero attached hydrogens (tertiary/aromatic N) is 1. The van der Waals surface area contributed by atoms with Gasteiger partial charge in [-0.15, -0.1) is 0 Å². The predicted octanol–water partition coefficient (Wildman–Crippen LogP) is 3.90. The van der Waals surface area contributed by atoms with Crippen molar-refractivity contribution in [1.29, 1.82) is 0 Å². The average molecular weight is 572 g/mol. The van der Waals surface area contributed by atoms with E-state index in [-0.39, 0.29) is 37.8 Å². The molecular formula is C33H37N3O6. The van der Waals surface area contributed by atoms with E-state index in [2.05, 4.69) is 51.9 Å². The number of carboxylic acid groups (broad SMARTS) is 1. The lowest BCUT2D eigenvalue weighted by Gasteiger charge is -2.41. The van der Waals surface area contributed by atoms with Crippen LogP contribution in [0.4, 0.5) is 4.79 Å². The summed E-state index contributed by atoms with van der Waals surface area (Å²) in [4.78, 5) is 39.4. The summed E-state index contributed by atoms with van der Waals surface area (Å²) >= 11 is 0. The topological polar surface area (TPSA) is 128 Å². The number of nitrogens with one attached hydrogen (secondary N) is 2. The maximum absolute atomic E-state index is 13.3. The molecule has 2 amide bonds. The third kappa shape index (κ3) is 6.98. The van der Waals surface area contributed by atoms with Crippen LogP contribution in [-0.2, 0) is 20.9 Å². The number of ether oxygens (including phenoxy) is 1. The predicted molar refractivity (Wildman–Crippen MR) is 158 cm³/mol. The second kappa shape index (κ2) is 13.2. The number of amides is 2. The molecule has 9 nitrogen and oxygen atoms in total. The highest BCUT2D eigenvalue weighted by atomic mass is 16.5. The van der Waals surface area contributed by atoms with Crippen LogP contribution >= 0.6 is 0 Å². The van der Waals surface area contributed by atoms with Gasteiger partial charge in [0.15, 0.2) is 6.10 Å². The molecule has 0 aromatic heterocycles. The van der Waals surface area contributed by atoms with Crippen LogP contribution in [0.5, 0.6) is 0 Å². The third-order valence-electron chi connectivity index (χ3n) is 8.30. The second-order valence-electron chi connectivity index (χ2n) is 11.2. The Balaban J connectivity index is 1.23. The molecule has 2 aliphatic rings. The Morgan fingerprint density at radius 1 is 0.905 bits per heavy atom. The number of likely N-dealkylation sites (tertiary alicyclic amines) is 1. The van der Waals surface area contributed by atoms with Crippen LogP contribution in [0.15, 0.2) is 78.9 Å². The average Bonchev–Trinajstić information content (AvgIpc) is 3.31. The van der Waals surface area contributed by atoms with Crippen molar-refractivity contribution < 1.29 is 29.3 Å². The van der Waals surface area contributed by atoms with Crippen molar-refractivity contribution in [1.82, 2.24) is 15.5 Å². The van der Waals surface area contributed by atoms with Crippen molar-refractivity contribution in [3.05, 3.63) is 95.6 Å². The summed E-state index contributed by atoms with van der Waals surface area (Å²) in [7, 11) is 0. The minimum absolute atomic E-state index is 0.0213. The summed E-state index contributed by atoms with van der Waals surface area (Å²) in [5.74, 6) is -1.72. The fraction of sp³-hybridized carbons (Fsp3) is 0.364. The van der Waals surface area contributed by atoms with Gasteiger partial charge in [-0.3, -0.25) is 9.69 Å². The maximum atomic E-state index is 13.3. The molecule has 1 saturated heterocycles. The molecule has 42 heavy (non-hydrogen) atoms. The Morgan fingerprint density at radius 2 is 1.50 bits per heavy atom. The molecular weight excluding hydrogens is 534 g/mol. The first-order valence-electron chi connectivity index (χ1n) is 14.4. The van der Waals surface area contributed by atoms with E-state index in [1.54, 1.807) is 0 Å². The normalized spacial score (nSPS) is 16.6. The highest BCUT2D eigenvalue weighted by Crippen LogP contribution is 2.44. The van der Waals surface area contributed by atoms with Crippen molar-refractivity contribution in [2.24, 2.45) is 0 Å². The fourth-order valence-corrected chi connectivity index (χ4v) is 6.02. The minimum Gasteiger partial charge on any atom is -0.479 e. The number of rotatable bonds is 11. The zero-order valence-corrected chi connectivity index (χ0v) is 23.5. The van der Waals surface area contributed by atoms with Crippen LogP contribution in [0.1, 0.15) is 48.3 Å². The summed E-state index contributed by atoms with van der Waals surface area (Å²) in [6.07, 6.45) is -1.08. The van der Waals surface area contributed by atoms with E-state index in [0.717, 1.165) is 28.8 Å². The molecule has 1 aliphatic heterocycles. The van der Waals surface area contributed by atoms with Crippen molar-refractivity contribution in [3.63, 3.8) is 0 Å². The largest absolute Gasteiger partial charge is 0.479 e. The highest BCUT2D eigenvalue weighted by Gasteiger charge is 2.39. The van der Waals surface area contributed by atoms with E-state index in [1.165, 1.54) is 5.56 Å². The van der Waals surface area contributed by atoms with Crippen LogP contribution < -0.4 is 10.6 Å². The molecule has 1 heterocycles. The van der Waals surface area contributed by atoms with Gasteiger partial charge < -0.3 is 25.6 Å². The number of fused-ring (bicyclic) bond motifs is 3. The SMILES string of the molecule is O=C(CC1(NC(=O)OCC2c3ccccc3-c3ccccc32)CCN(Cc2ccccc2)CC1)NCCC(O)C(=O)O. The molecule has 4 N–H and O–H groups in total. The van der Waals surface area contributed by atoms with Gasteiger partial charge in [0.25, 0.3) is 0 Å². The Morgan fingerprint density at radius 3 is 2.12 bits per heavy atom. The highest BCUT2D eigenvalue weighted by molar-refractivity contribution is 5.80. The minimum atomic E-state index is -1.54. The molecule has 1 aliphatic carbocycles. The van der Waals surface area contributed by atoms with E-state index >= 15 is 0 Å². The number of aliphatic carboxylic acids is 1. The molecule has 0 saturated carbocycles. The van der Waals surface area contributed by atoms with Crippen LogP contribution in [0, 0.1) is 0 Å². The van der Waals surface area contributed by atoms with Gasteiger partial charge in [-0.25, -0.2) is 9.59 Å². The Bertz CT molecular complexity index is 1360. The first-order chi connectivity index (χ1) is 20.3. The van der Waals surface area contributed by atoms with E-state index < -0.39 is 23.7 Å².